The Labute approximate surface area is 140 Å². The summed E-state index contributed by atoms with van der Waals surface area (Å²) < 4.78 is 0. The SMILES string of the molecule is CN=C(NC1CCCC1)NC1CC1C1CCCCC1.I. The topological polar surface area (TPSA) is 36.4 Å². The molecule has 3 aliphatic carbocycles. The number of halogens is 1. The molecule has 3 aliphatic rings. The molecule has 2 atom stereocenters. The number of guanidine groups is 1. The van der Waals surface area contributed by atoms with Crippen molar-refractivity contribution in [2.45, 2.75) is 76.3 Å². The summed E-state index contributed by atoms with van der Waals surface area (Å²) in [4.78, 5) is 4.41. The maximum Gasteiger partial charge on any atom is 0.191 e. The Morgan fingerprint density at radius 2 is 1.55 bits per heavy atom. The van der Waals surface area contributed by atoms with Gasteiger partial charge in [0.1, 0.15) is 0 Å². The molecule has 0 aromatic carbocycles. The second-order valence-electron chi connectivity index (χ2n) is 6.75. The third-order valence-corrected chi connectivity index (χ3v) is 5.34. The van der Waals surface area contributed by atoms with E-state index in [2.05, 4.69) is 15.6 Å². The molecule has 0 radical (unpaired) electrons. The van der Waals surface area contributed by atoms with Gasteiger partial charge in [-0.25, -0.2) is 0 Å². The molecule has 0 aliphatic heterocycles. The third-order valence-electron chi connectivity index (χ3n) is 5.34. The van der Waals surface area contributed by atoms with Crippen LogP contribution in [0.4, 0.5) is 0 Å². The highest BCUT2D eigenvalue weighted by molar-refractivity contribution is 14.0. The molecule has 0 spiro atoms. The van der Waals surface area contributed by atoms with Crippen LogP contribution in [0, 0.1) is 11.8 Å². The minimum Gasteiger partial charge on any atom is -0.354 e. The second kappa shape index (κ2) is 7.85. The van der Waals surface area contributed by atoms with E-state index in [1.165, 1.54) is 64.2 Å². The monoisotopic (exact) mass is 391 g/mol. The largest absolute Gasteiger partial charge is 0.354 e. The lowest BCUT2D eigenvalue weighted by Gasteiger charge is -2.22. The molecular formula is C16H30IN3. The van der Waals surface area contributed by atoms with Gasteiger partial charge in [-0.05, 0) is 31.1 Å². The predicted molar refractivity (Wildman–Crippen MR) is 95.8 cm³/mol. The maximum atomic E-state index is 4.41. The fourth-order valence-electron chi connectivity index (χ4n) is 4.07. The average Bonchev–Trinajstić information content (AvgIpc) is 3.03. The van der Waals surface area contributed by atoms with E-state index in [0.717, 1.165) is 17.8 Å². The Morgan fingerprint density at radius 3 is 2.20 bits per heavy atom. The third kappa shape index (κ3) is 4.25. The summed E-state index contributed by atoms with van der Waals surface area (Å²) in [5, 5.41) is 7.25. The smallest absolute Gasteiger partial charge is 0.191 e. The van der Waals surface area contributed by atoms with Crippen LogP contribution in [0.3, 0.4) is 0 Å². The van der Waals surface area contributed by atoms with Crippen molar-refractivity contribution in [3.05, 3.63) is 0 Å². The minimum atomic E-state index is 0. The highest BCUT2D eigenvalue weighted by atomic mass is 127. The van der Waals surface area contributed by atoms with E-state index in [1.54, 1.807) is 0 Å². The zero-order chi connectivity index (χ0) is 13.1. The molecule has 0 bridgehead atoms. The van der Waals surface area contributed by atoms with Gasteiger partial charge in [-0.15, -0.1) is 24.0 Å². The Morgan fingerprint density at radius 1 is 0.900 bits per heavy atom. The van der Waals surface area contributed by atoms with Crippen LogP contribution in [0.2, 0.25) is 0 Å². The highest BCUT2D eigenvalue weighted by Gasteiger charge is 2.43. The van der Waals surface area contributed by atoms with E-state index < -0.39 is 0 Å². The first kappa shape index (κ1) is 16.4. The summed E-state index contributed by atoms with van der Waals surface area (Å²) in [6.45, 7) is 0. The van der Waals surface area contributed by atoms with E-state index >= 15 is 0 Å². The normalized spacial score (nSPS) is 31.8. The van der Waals surface area contributed by atoms with Crippen LogP contribution in [-0.4, -0.2) is 25.1 Å². The molecule has 0 heterocycles. The van der Waals surface area contributed by atoms with Crippen molar-refractivity contribution in [3.8, 4) is 0 Å². The zero-order valence-electron chi connectivity index (χ0n) is 12.7. The number of hydrogen-bond donors (Lipinski definition) is 2. The van der Waals surface area contributed by atoms with Crippen molar-refractivity contribution < 1.29 is 0 Å². The molecule has 20 heavy (non-hydrogen) atoms. The number of aliphatic imine (C=N–C) groups is 1. The summed E-state index contributed by atoms with van der Waals surface area (Å²) >= 11 is 0. The van der Waals surface area contributed by atoms with Gasteiger partial charge in [0.15, 0.2) is 5.96 Å². The quantitative estimate of drug-likeness (QED) is 0.438. The molecular weight excluding hydrogens is 361 g/mol. The van der Waals surface area contributed by atoms with Gasteiger partial charge in [0.2, 0.25) is 0 Å². The molecule has 4 heteroatoms. The standard InChI is InChI=1S/C16H29N3.HI/c1-17-16(18-13-9-5-6-10-13)19-15-11-14(15)12-7-3-2-4-8-12;/h12-15H,2-11H2,1H3,(H2,17,18,19);1H. The number of nitrogens with zero attached hydrogens (tertiary/aromatic N) is 1. The first-order chi connectivity index (χ1) is 9.36. The molecule has 3 rings (SSSR count). The van der Waals surface area contributed by atoms with E-state index in [4.69, 9.17) is 0 Å². The van der Waals surface area contributed by atoms with Gasteiger partial charge in [0.25, 0.3) is 0 Å². The van der Waals surface area contributed by atoms with Crippen LogP contribution in [0.15, 0.2) is 4.99 Å². The van der Waals surface area contributed by atoms with Gasteiger partial charge in [0.05, 0.1) is 0 Å². The maximum absolute atomic E-state index is 4.41. The molecule has 0 amide bonds. The first-order valence-electron chi connectivity index (χ1n) is 8.36. The van der Waals surface area contributed by atoms with Crippen molar-refractivity contribution in [1.82, 2.24) is 10.6 Å². The van der Waals surface area contributed by atoms with Crippen molar-refractivity contribution in [2.24, 2.45) is 16.8 Å². The molecule has 3 saturated carbocycles. The van der Waals surface area contributed by atoms with E-state index in [-0.39, 0.29) is 24.0 Å². The van der Waals surface area contributed by atoms with E-state index in [1.807, 2.05) is 7.05 Å². The lowest BCUT2D eigenvalue weighted by Crippen LogP contribution is -2.43. The Bertz CT molecular complexity index is 320. The zero-order valence-corrected chi connectivity index (χ0v) is 15.1. The van der Waals surface area contributed by atoms with Crippen molar-refractivity contribution in [3.63, 3.8) is 0 Å². The predicted octanol–water partition coefficient (Wildman–Crippen LogP) is 3.68. The van der Waals surface area contributed by atoms with Crippen LogP contribution in [0.25, 0.3) is 0 Å². The molecule has 0 aromatic rings. The lowest BCUT2D eigenvalue weighted by molar-refractivity contribution is 0.315. The van der Waals surface area contributed by atoms with Crippen LogP contribution in [0.5, 0.6) is 0 Å². The molecule has 116 valence electrons. The summed E-state index contributed by atoms with van der Waals surface area (Å²) in [5.41, 5.74) is 0. The summed E-state index contributed by atoms with van der Waals surface area (Å²) in [6, 6.07) is 1.37. The Kier molecular flexibility index (Phi) is 6.43. The summed E-state index contributed by atoms with van der Waals surface area (Å²) in [7, 11) is 1.91. The lowest BCUT2D eigenvalue weighted by atomic mass is 9.85. The van der Waals surface area contributed by atoms with Crippen molar-refractivity contribution >= 4 is 29.9 Å². The highest BCUT2D eigenvalue weighted by Crippen LogP contribution is 2.44. The minimum absolute atomic E-state index is 0. The average molecular weight is 391 g/mol. The molecule has 0 aromatic heterocycles. The number of hydrogen-bond acceptors (Lipinski definition) is 1. The van der Waals surface area contributed by atoms with Crippen LogP contribution in [-0.2, 0) is 0 Å². The fourth-order valence-corrected chi connectivity index (χ4v) is 4.07. The van der Waals surface area contributed by atoms with Gasteiger partial charge in [-0.2, -0.15) is 0 Å². The molecule has 2 N–H and O–H groups in total. The van der Waals surface area contributed by atoms with E-state index in [0.29, 0.717) is 12.1 Å². The van der Waals surface area contributed by atoms with E-state index in [9.17, 15) is 0 Å². The summed E-state index contributed by atoms with van der Waals surface area (Å²) in [5.74, 6) is 2.98. The first-order valence-corrected chi connectivity index (χ1v) is 8.36. The molecule has 0 saturated heterocycles. The fraction of sp³-hybridized carbons (Fsp3) is 0.938. The van der Waals surface area contributed by atoms with Gasteiger partial charge in [0, 0.05) is 19.1 Å². The van der Waals surface area contributed by atoms with Crippen molar-refractivity contribution in [2.75, 3.05) is 7.05 Å². The molecule has 3 fully saturated rings. The van der Waals surface area contributed by atoms with Crippen molar-refractivity contribution in [1.29, 1.82) is 0 Å². The Hall–Kier alpha value is 0. The van der Waals surface area contributed by atoms with Gasteiger partial charge >= 0.3 is 0 Å². The van der Waals surface area contributed by atoms with Gasteiger partial charge in [-0.3, -0.25) is 4.99 Å². The second-order valence-corrected chi connectivity index (χ2v) is 6.75. The molecule has 2 unspecified atom stereocenters. The number of nitrogens with one attached hydrogen (secondary N) is 2. The molecule has 3 nitrogen and oxygen atoms in total. The van der Waals surface area contributed by atoms with Gasteiger partial charge < -0.3 is 10.6 Å². The van der Waals surface area contributed by atoms with Gasteiger partial charge in [-0.1, -0.05) is 44.9 Å². The summed E-state index contributed by atoms with van der Waals surface area (Å²) in [6.07, 6.45) is 14.1. The van der Waals surface area contributed by atoms with Crippen LogP contribution in [0.1, 0.15) is 64.2 Å². The van der Waals surface area contributed by atoms with Crippen LogP contribution >= 0.6 is 24.0 Å². The number of rotatable bonds is 3. The van der Waals surface area contributed by atoms with Crippen LogP contribution < -0.4 is 10.6 Å². The Balaban J connectivity index is 0.00000147.